The van der Waals surface area contributed by atoms with Gasteiger partial charge in [0.05, 0.1) is 11.7 Å². The van der Waals surface area contributed by atoms with E-state index in [9.17, 15) is 13.8 Å². The smallest absolute Gasteiger partial charge is 0.309 e. The molecule has 2 atom stereocenters. The lowest BCUT2D eigenvalue weighted by Crippen LogP contribution is -2.18. The summed E-state index contributed by atoms with van der Waals surface area (Å²) in [5.74, 6) is -1.03. The number of carboxylic acids is 1. The van der Waals surface area contributed by atoms with Crippen LogP contribution in [0.5, 0.6) is 0 Å². The Balaban J connectivity index is 2.55. The van der Waals surface area contributed by atoms with Crippen LogP contribution in [-0.4, -0.2) is 32.3 Å². The largest absolute Gasteiger partial charge is 0.481 e. The van der Waals surface area contributed by atoms with Crippen molar-refractivity contribution in [2.24, 2.45) is 0 Å². The van der Waals surface area contributed by atoms with E-state index in [1.165, 1.54) is 0 Å². The molecule has 0 saturated carbocycles. The van der Waals surface area contributed by atoms with Crippen LogP contribution < -0.4 is 5.32 Å². The summed E-state index contributed by atoms with van der Waals surface area (Å²) in [7, 11) is -1.66. The number of carbonyl (C=O) groups is 2. The van der Waals surface area contributed by atoms with Crippen molar-refractivity contribution < 1.29 is 18.9 Å². The van der Waals surface area contributed by atoms with Gasteiger partial charge in [-0.2, -0.15) is 0 Å². The Labute approximate surface area is 65.2 Å². The van der Waals surface area contributed by atoms with Crippen LogP contribution in [0.15, 0.2) is 0 Å². The highest BCUT2D eigenvalue weighted by Crippen LogP contribution is 2.08. The van der Waals surface area contributed by atoms with Crippen molar-refractivity contribution in [3.63, 3.8) is 0 Å². The maximum absolute atomic E-state index is 10.9. The highest BCUT2D eigenvalue weighted by molar-refractivity contribution is 8.01. The van der Waals surface area contributed by atoms with E-state index in [0.29, 0.717) is 0 Å². The van der Waals surface area contributed by atoms with E-state index >= 15 is 0 Å². The van der Waals surface area contributed by atoms with Gasteiger partial charge in [-0.05, 0) is 0 Å². The van der Waals surface area contributed by atoms with Crippen LogP contribution in [0.4, 0.5) is 4.79 Å². The normalized spacial score (nSPS) is 30.0. The molecular weight excluding hydrogens is 170 g/mol. The SMILES string of the molecule is O=C(O)CC1CNC(=O)S1=O. The van der Waals surface area contributed by atoms with Gasteiger partial charge in [0.15, 0.2) is 0 Å². The lowest BCUT2D eigenvalue weighted by Gasteiger charge is -1.98. The van der Waals surface area contributed by atoms with Crippen molar-refractivity contribution >= 4 is 22.0 Å². The van der Waals surface area contributed by atoms with Crippen LogP contribution in [0.1, 0.15) is 6.42 Å². The zero-order valence-corrected chi connectivity index (χ0v) is 6.39. The standard InChI is InChI=1S/C5H7NO4S/c7-4(8)1-3-2-6-5(9)11(3)10/h3H,1-2H2,(H,6,9)(H,7,8). The Hall–Kier alpha value is -0.910. The molecule has 11 heavy (non-hydrogen) atoms. The molecule has 1 rings (SSSR count). The number of carboxylic acid groups (broad SMARTS) is 1. The first-order valence-corrected chi connectivity index (χ1v) is 4.22. The molecule has 1 aliphatic heterocycles. The molecule has 0 bridgehead atoms. The van der Waals surface area contributed by atoms with Crippen molar-refractivity contribution in [1.29, 1.82) is 0 Å². The third-order valence-corrected chi connectivity index (χ3v) is 2.81. The minimum absolute atomic E-state index is 0.206. The minimum Gasteiger partial charge on any atom is -0.481 e. The van der Waals surface area contributed by atoms with Crippen LogP contribution >= 0.6 is 0 Å². The number of hydrogen-bond acceptors (Lipinski definition) is 3. The fourth-order valence-corrected chi connectivity index (χ4v) is 1.89. The molecule has 62 valence electrons. The fourth-order valence-electron chi connectivity index (χ4n) is 0.838. The Kier molecular flexibility index (Phi) is 2.23. The summed E-state index contributed by atoms with van der Waals surface area (Å²) in [6.45, 7) is 0.206. The topological polar surface area (TPSA) is 83.5 Å². The number of amides is 1. The number of carbonyl (C=O) groups excluding carboxylic acids is 1. The van der Waals surface area contributed by atoms with Crippen molar-refractivity contribution in [2.45, 2.75) is 11.7 Å². The molecule has 1 heterocycles. The predicted octanol–water partition coefficient (Wildman–Crippen LogP) is -0.698. The predicted molar refractivity (Wildman–Crippen MR) is 37.6 cm³/mol. The average Bonchev–Trinajstić information content (AvgIpc) is 2.18. The van der Waals surface area contributed by atoms with E-state index < -0.39 is 27.3 Å². The van der Waals surface area contributed by atoms with E-state index in [4.69, 9.17) is 5.11 Å². The molecule has 0 aromatic carbocycles. The molecule has 5 nitrogen and oxygen atoms in total. The van der Waals surface area contributed by atoms with Gasteiger partial charge >= 0.3 is 11.2 Å². The van der Waals surface area contributed by atoms with E-state index in [2.05, 4.69) is 5.32 Å². The summed E-state index contributed by atoms with van der Waals surface area (Å²) >= 11 is 0. The first kappa shape index (κ1) is 8.19. The van der Waals surface area contributed by atoms with Gasteiger partial charge in [-0.15, -0.1) is 0 Å². The van der Waals surface area contributed by atoms with Gasteiger partial charge in [0.2, 0.25) is 0 Å². The molecule has 1 fully saturated rings. The summed E-state index contributed by atoms with van der Waals surface area (Å²) in [6.07, 6.45) is -0.217. The summed E-state index contributed by atoms with van der Waals surface area (Å²) < 4.78 is 10.9. The second kappa shape index (κ2) is 3.00. The Morgan fingerprint density at radius 3 is 2.82 bits per heavy atom. The van der Waals surface area contributed by atoms with E-state index in [-0.39, 0.29) is 13.0 Å². The monoisotopic (exact) mass is 177 g/mol. The lowest BCUT2D eigenvalue weighted by molar-refractivity contribution is -0.136. The lowest BCUT2D eigenvalue weighted by atomic mass is 10.3. The van der Waals surface area contributed by atoms with E-state index in [1.807, 2.05) is 0 Å². The van der Waals surface area contributed by atoms with Crippen LogP contribution in [0.2, 0.25) is 0 Å². The highest BCUT2D eigenvalue weighted by Gasteiger charge is 2.32. The Bertz CT molecular complexity index is 227. The van der Waals surface area contributed by atoms with Gasteiger partial charge in [-0.3, -0.25) is 9.59 Å². The van der Waals surface area contributed by atoms with Crippen molar-refractivity contribution in [3.05, 3.63) is 0 Å². The molecule has 0 aromatic heterocycles. The van der Waals surface area contributed by atoms with Crippen molar-refractivity contribution in [2.75, 3.05) is 6.54 Å². The Morgan fingerprint density at radius 1 is 1.82 bits per heavy atom. The van der Waals surface area contributed by atoms with Crippen molar-refractivity contribution in [3.8, 4) is 0 Å². The Morgan fingerprint density at radius 2 is 2.45 bits per heavy atom. The summed E-state index contributed by atoms with van der Waals surface area (Å²) in [4.78, 5) is 20.7. The van der Waals surface area contributed by atoms with Crippen LogP contribution in [0.25, 0.3) is 0 Å². The quantitative estimate of drug-likeness (QED) is 0.584. The van der Waals surface area contributed by atoms with Gasteiger partial charge in [0, 0.05) is 6.54 Å². The van der Waals surface area contributed by atoms with Crippen LogP contribution in [0.3, 0.4) is 0 Å². The van der Waals surface area contributed by atoms with Gasteiger partial charge in [-0.25, -0.2) is 4.21 Å². The molecule has 0 aromatic rings. The van der Waals surface area contributed by atoms with Crippen LogP contribution in [-0.2, 0) is 15.6 Å². The number of rotatable bonds is 2. The van der Waals surface area contributed by atoms with Gasteiger partial charge in [-0.1, -0.05) is 0 Å². The summed E-state index contributed by atoms with van der Waals surface area (Å²) in [5, 5.41) is 9.51. The van der Waals surface area contributed by atoms with E-state index in [0.717, 1.165) is 0 Å². The molecule has 2 unspecified atom stereocenters. The number of nitrogens with one attached hydrogen (secondary N) is 1. The molecule has 2 N–H and O–H groups in total. The minimum atomic E-state index is -1.66. The molecule has 0 spiro atoms. The molecular formula is C5H7NO4S. The third-order valence-electron chi connectivity index (χ3n) is 1.36. The average molecular weight is 177 g/mol. The molecule has 1 aliphatic rings. The van der Waals surface area contributed by atoms with Gasteiger partial charge < -0.3 is 10.4 Å². The third kappa shape index (κ3) is 1.76. The zero-order valence-electron chi connectivity index (χ0n) is 5.57. The maximum atomic E-state index is 10.9. The number of hydrogen-bond donors (Lipinski definition) is 2. The molecule has 1 saturated heterocycles. The van der Waals surface area contributed by atoms with Crippen molar-refractivity contribution in [1.82, 2.24) is 5.32 Å². The first-order valence-electron chi connectivity index (χ1n) is 3.01. The number of aliphatic carboxylic acids is 1. The van der Waals surface area contributed by atoms with Crippen LogP contribution in [0, 0.1) is 0 Å². The first-order chi connectivity index (χ1) is 5.11. The summed E-state index contributed by atoms with van der Waals surface area (Å²) in [5.41, 5.74) is 0. The van der Waals surface area contributed by atoms with Gasteiger partial charge in [0.1, 0.15) is 10.8 Å². The summed E-state index contributed by atoms with van der Waals surface area (Å²) in [6, 6.07) is 0. The fraction of sp³-hybridized carbons (Fsp3) is 0.600. The molecule has 1 amide bonds. The van der Waals surface area contributed by atoms with E-state index in [1.54, 1.807) is 0 Å². The molecule has 0 aliphatic carbocycles. The highest BCUT2D eigenvalue weighted by atomic mass is 32.2. The van der Waals surface area contributed by atoms with Gasteiger partial charge in [0.25, 0.3) is 0 Å². The second-order valence-electron chi connectivity index (χ2n) is 2.19. The molecule has 6 heteroatoms. The second-order valence-corrected chi connectivity index (χ2v) is 3.82. The zero-order chi connectivity index (χ0) is 8.43. The molecule has 0 radical (unpaired) electrons. The maximum Gasteiger partial charge on any atom is 0.309 e.